The lowest BCUT2D eigenvalue weighted by molar-refractivity contribution is 0.802. The molecule has 0 fully saturated rings. The predicted octanol–water partition coefficient (Wildman–Crippen LogP) is 2.98. The van der Waals surface area contributed by atoms with Crippen LogP contribution in [0.15, 0.2) is 0 Å². The topological polar surface area (TPSA) is 38.9 Å². The number of thiazole rings is 1. The van der Waals surface area contributed by atoms with E-state index in [-0.39, 0.29) is 0 Å². The maximum atomic E-state index is 5.56. The SMILES string of the molecule is Cc1nc(CSC(C)(C)C)sc1CCN. The van der Waals surface area contributed by atoms with Gasteiger partial charge in [-0.1, -0.05) is 20.8 Å². The van der Waals surface area contributed by atoms with E-state index in [1.54, 1.807) is 0 Å². The molecular weight excluding hydrogens is 224 g/mol. The molecule has 0 amide bonds. The summed E-state index contributed by atoms with van der Waals surface area (Å²) >= 11 is 3.76. The molecule has 0 atom stereocenters. The van der Waals surface area contributed by atoms with Crippen molar-refractivity contribution in [2.45, 2.75) is 44.6 Å². The van der Waals surface area contributed by atoms with Gasteiger partial charge in [0, 0.05) is 15.4 Å². The Balaban J connectivity index is 2.59. The number of thioether (sulfide) groups is 1. The monoisotopic (exact) mass is 244 g/mol. The molecule has 2 N–H and O–H groups in total. The number of rotatable bonds is 4. The predicted molar refractivity (Wildman–Crippen MR) is 70.7 cm³/mol. The van der Waals surface area contributed by atoms with E-state index in [1.807, 2.05) is 23.1 Å². The molecular formula is C11H20N2S2. The van der Waals surface area contributed by atoms with Gasteiger partial charge in [-0.15, -0.1) is 23.1 Å². The minimum atomic E-state index is 0.313. The van der Waals surface area contributed by atoms with Gasteiger partial charge in [0.05, 0.1) is 5.69 Å². The third kappa shape index (κ3) is 4.53. The minimum Gasteiger partial charge on any atom is -0.330 e. The van der Waals surface area contributed by atoms with Crippen LogP contribution in [0, 0.1) is 6.92 Å². The van der Waals surface area contributed by atoms with Gasteiger partial charge in [0.15, 0.2) is 0 Å². The zero-order valence-electron chi connectivity index (χ0n) is 9.96. The number of hydrogen-bond acceptors (Lipinski definition) is 4. The lowest BCUT2D eigenvalue weighted by Crippen LogP contribution is -2.07. The van der Waals surface area contributed by atoms with Crippen molar-refractivity contribution < 1.29 is 0 Å². The van der Waals surface area contributed by atoms with Crippen LogP contribution in [-0.4, -0.2) is 16.3 Å². The molecule has 0 saturated carbocycles. The van der Waals surface area contributed by atoms with Crippen LogP contribution in [0.1, 0.15) is 36.3 Å². The molecule has 2 nitrogen and oxygen atoms in total. The van der Waals surface area contributed by atoms with Crippen LogP contribution < -0.4 is 5.73 Å². The van der Waals surface area contributed by atoms with E-state index < -0.39 is 0 Å². The van der Waals surface area contributed by atoms with Gasteiger partial charge in [0.1, 0.15) is 5.01 Å². The number of aromatic nitrogens is 1. The summed E-state index contributed by atoms with van der Waals surface area (Å²) in [7, 11) is 0. The fraction of sp³-hybridized carbons (Fsp3) is 0.727. The van der Waals surface area contributed by atoms with E-state index in [2.05, 4.69) is 32.7 Å². The Labute approximate surface area is 101 Å². The maximum absolute atomic E-state index is 5.56. The van der Waals surface area contributed by atoms with Crippen LogP contribution in [-0.2, 0) is 12.2 Å². The van der Waals surface area contributed by atoms with Crippen molar-refractivity contribution in [3.8, 4) is 0 Å². The van der Waals surface area contributed by atoms with Crippen LogP contribution in [0.4, 0.5) is 0 Å². The number of hydrogen-bond donors (Lipinski definition) is 1. The van der Waals surface area contributed by atoms with Gasteiger partial charge in [-0.25, -0.2) is 4.98 Å². The second kappa shape index (κ2) is 5.32. The van der Waals surface area contributed by atoms with E-state index in [0.717, 1.165) is 24.4 Å². The molecule has 0 unspecified atom stereocenters. The Bertz CT molecular complexity index is 313. The molecule has 0 aromatic carbocycles. The smallest absolute Gasteiger partial charge is 0.103 e. The highest BCUT2D eigenvalue weighted by Gasteiger charge is 2.13. The fourth-order valence-electron chi connectivity index (χ4n) is 1.19. The lowest BCUT2D eigenvalue weighted by atomic mass is 10.3. The lowest BCUT2D eigenvalue weighted by Gasteiger charge is -2.16. The first-order chi connectivity index (χ1) is 6.92. The second-order valence-electron chi connectivity index (χ2n) is 4.56. The molecule has 1 aromatic heterocycles. The van der Waals surface area contributed by atoms with Crippen molar-refractivity contribution in [2.75, 3.05) is 6.54 Å². The number of nitrogens with zero attached hydrogens (tertiary/aromatic N) is 1. The standard InChI is InChI=1S/C11H20N2S2/c1-8-9(5-6-12)15-10(13-8)7-14-11(2,3)4/h5-7,12H2,1-4H3. The van der Waals surface area contributed by atoms with Gasteiger partial charge in [0.25, 0.3) is 0 Å². The highest BCUT2D eigenvalue weighted by molar-refractivity contribution is 7.99. The molecule has 86 valence electrons. The second-order valence-corrected chi connectivity index (χ2v) is 7.53. The number of nitrogens with two attached hydrogens (primary N) is 1. The Hall–Kier alpha value is -0.0600. The minimum absolute atomic E-state index is 0.313. The summed E-state index contributed by atoms with van der Waals surface area (Å²) in [6.07, 6.45) is 0.962. The summed E-state index contributed by atoms with van der Waals surface area (Å²) in [5, 5.41) is 1.23. The van der Waals surface area contributed by atoms with Gasteiger partial charge in [0.2, 0.25) is 0 Å². The molecule has 0 saturated heterocycles. The van der Waals surface area contributed by atoms with E-state index in [1.165, 1.54) is 9.88 Å². The fourth-order valence-corrected chi connectivity index (χ4v) is 3.11. The Morgan fingerprint density at radius 2 is 2.07 bits per heavy atom. The molecule has 0 radical (unpaired) electrons. The van der Waals surface area contributed by atoms with Crippen LogP contribution in [0.2, 0.25) is 0 Å². The van der Waals surface area contributed by atoms with E-state index in [4.69, 9.17) is 5.73 Å². The largest absolute Gasteiger partial charge is 0.330 e. The van der Waals surface area contributed by atoms with Gasteiger partial charge >= 0.3 is 0 Å². The first-order valence-electron chi connectivity index (χ1n) is 5.21. The Morgan fingerprint density at radius 3 is 2.60 bits per heavy atom. The van der Waals surface area contributed by atoms with Crippen molar-refractivity contribution in [3.63, 3.8) is 0 Å². The van der Waals surface area contributed by atoms with Crippen LogP contribution in [0.25, 0.3) is 0 Å². The summed E-state index contributed by atoms with van der Waals surface area (Å²) < 4.78 is 0.313. The van der Waals surface area contributed by atoms with Gasteiger partial charge in [-0.05, 0) is 19.9 Å². The van der Waals surface area contributed by atoms with E-state index in [9.17, 15) is 0 Å². The summed E-state index contributed by atoms with van der Waals surface area (Å²) in [5.74, 6) is 1.01. The Kier molecular flexibility index (Phi) is 4.62. The number of aryl methyl sites for hydroxylation is 1. The highest BCUT2D eigenvalue weighted by atomic mass is 32.2. The normalized spacial score (nSPS) is 12.1. The van der Waals surface area contributed by atoms with Crippen LogP contribution >= 0.6 is 23.1 Å². The summed E-state index contributed by atoms with van der Waals surface area (Å²) in [4.78, 5) is 5.92. The van der Waals surface area contributed by atoms with Gasteiger partial charge in [-0.3, -0.25) is 0 Å². The van der Waals surface area contributed by atoms with E-state index in [0.29, 0.717) is 4.75 Å². The van der Waals surface area contributed by atoms with Crippen LogP contribution in [0.3, 0.4) is 0 Å². The summed E-state index contributed by atoms with van der Waals surface area (Å²) in [6.45, 7) is 9.50. The molecule has 0 aliphatic heterocycles. The molecule has 1 aromatic rings. The maximum Gasteiger partial charge on any atom is 0.103 e. The zero-order valence-corrected chi connectivity index (χ0v) is 11.6. The van der Waals surface area contributed by atoms with Gasteiger partial charge < -0.3 is 5.73 Å². The average molecular weight is 244 g/mol. The molecule has 0 aliphatic carbocycles. The van der Waals surface area contributed by atoms with Crippen LogP contribution in [0.5, 0.6) is 0 Å². The van der Waals surface area contributed by atoms with Crippen molar-refractivity contribution in [2.24, 2.45) is 5.73 Å². The third-order valence-corrected chi connectivity index (χ3v) is 4.62. The zero-order chi connectivity index (χ0) is 11.5. The highest BCUT2D eigenvalue weighted by Crippen LogP contribution is 2.29. The summed E-state index contributed by atoms with van der Waals surface area (Å²) in [6, 6.07) is 0. The molecule has 1 heterocycles. The molecule has 4 heteroatoms. The third-order valence-electron chi connectivity index (χ3n) is 1.94. The summed E-state index contributed by atoms with van der Waals surface area (Å²) in [5.41, 5.74) is 6.72. The molecule has 0 aliphatic rings. The first-order valence-corrected chi connectivity index (χ1v) is 7.02. The molecule has 1 rings (SSSR count). The average Bonchev–Trinajstić information content (AvgIpc) is 2.44. The quantitative estimate of drug-likeness (QED) is 0.885. The van der Waals surface area contributed by atoms with Crippen molar-refractivity contribution >= 4 is 23.1 Å². The van der Waals surface area contributed by atoms with E-state index >= 15 is 0 Å². The Morgan fingerprint density at radius 1 is 1.40 bits per heavy atom. The molecule has 0 spiro atoms. The van der Waals surface area contributed by atoms with Crippen molar-refractivity contribution in [3.05, 3.63) is 15.6 Å². The molecule has 0 bridgehead atoms. The first kappa shape index (κ1) is 13.0. The van der Waals surface area contributed by atoms with Crippen molar-refractivity contribution in [1.29, 1.82) is 0 Å². The molecule has 15 heavy (non-hydrogen) atoms. The van der Waals surface area contributed by atoms with Gasteiger partial charge in [-0.2, -0.15) is 0 Å². The van der Waals surface area contributed by atoms with Crippen molar-refractivity contribution in [1.82, 2.24) is 4.98 Å².